The van der Waals surface area contributed by atoms with Crippen LogP contribution in [-0.4, -0.2) is 56.8 Å². The van der Waals surface area contributed by atoms with E-state index in [1.165, 1.54) is 6.07 Å². The largest absolute Gasteiger partial charge is 0.491 e. The normalized spacial score (nSPS) is 25.4. The minimum absolute atomic E-state index is 0.0259. The first-order chi connectivity index (χ1) is 12.8. The maximum absolute atomic E-state index is 12.6. The van der Waals surface area contributed by atoms with Crippen molar-refractivity contribution >= 4 is 31.7 Å². The van der Waals surface area contributed by atoms with Crippen LogP contribution in [0.3, 0.4) is 0 Å². The summed E-state index contributed by atoms with van der Waals surface area (Å²) < 4.78 is 30.3. The van der Waals surface area contributed by atoms with Crippen molar-refractivity contribution in [3.05, 3.63) is 22.7 Å². The fourth-order valence-corrected chi connectivity index (χ4v) is 4.94. The van der Waals surface area contributed by atoms with E-state index in [9.17, 15) is 13.2 Å². The van der Waals surface area contributed by atoms with Crippen LogP contribution in [-0.2, 0) is 14.6 Å². The number of halogens is 1. The van der Waals surface area contributed by atoms with Gasteiger partial charge < -0.3 is 9.64 Å². The van der Waals surface area contributed by atoms with Gasteiger partial charge in [-0.15, -0.1) is 0 Å². The summed E-state index contributed by atoms with van der Waals surface area (Å²) in [5.74, 6) is 0.281. The quantitative estimate of drug-likeness (QED) is 0.727. The van der Waals surface area contributed by atoms with Gasteiger partial charge in [-0.05, 0) is 43.9 Å². The fourth-order valence-electron chi connectivity index (χ4n) is 3.59. The number of nitriles is 1. The monoisotopic (exact) mass is 455 g/mol. The van der Waals surface area contributed by atoms with Gasteiger partial charge in [0.2, 0.25) is 5.91 Å². The highest BCUT2D eigenvalue weighted by molar-refractivity contribution is 9.10. The van der Waals surface area contributed by atoms with E-state index in [0.29, 0.717) is 23.2 Å². The zero-order chi connectivity index (χ0) is 19.6. The van der Waals surface area contributed by atoms with Crippen LogP contribution in [0, 0.1) is 11.3 Å². The molecule has 1 amide bonds. The molecule has 0 aliphatic carbocycles. The number of hydrogen-bond acceptors (Lipinski definition) is 6. The maximum Gasteiger partial charge on any atom is 0.240 e. The van der Waals surface area contributed by atoms with Crippen molar-refractivity contribution in [2.75, 3.05) is 19.4 Å². The number of hydrogen-bond donors (Lipinski definition) is 1. The number of carbonyl (C=O) groups is 1. The highest BCUT2D eigenvalue weighted by Crippen LogP contribution is 2.28. The molecule has 146 valence electrons. The molecule has 0 spiro atoms. The van der Waals surface area contributed by atoms with Crippen molar-refractivity contribution in [2.45, 2.75) is 48.7 Å². The Morgan fingerprint density at radius 1 is 1.41 bits per heavy atom. The van der Waals surface area contributed by atoms with Gasteiger partial charge in [0.05, 0.1) is 12.1 Å². The molecule has 0 aromatic heterocycles. The fraction of sp³-hybridized carbons (Fsp3) is 0.556. The van der Waals surface area contributed by atoms with Crippen LogP contribution >= 0.6 is 15.9 Å². The molecule has 1 aromatic carbocycles. The molecule has 3 atom stereocenters. The van der Waals surface area contributed by atoms with Crippen LogP contribution in [0.4, 0.5) is 0 Å². The second-order valence-electron chi connectivity index (χ2n) is 6.99. The van der Waals surface area contributed by atoms with Crippen molar-refractivity contribution < 1.29 is 17.9 Å². The lowest BCUT2D eigenvalue weighted by Gasteiger charge is -2.24. The predicted octanol–water partition coefficient (Wildman–Crippen LogP) is 1.87. The van der Waals surface area contributed by atoms with E-state index in [1.807, 2.05) is 0 Å². The summed E-state index contributed by atoms with van der Waals surface area (Å²) in [5, 5.41) is 12.4. The molecule has 1 N–H and O–H groups in total. The van der Waals surface area contributed by atoms with Crippen LogP contribution in [0.15, 0.2) is 27.6 Å². The lowest BCUT2D eigenvalue weighted by molar-refractivity contribution is -0.133. The van der Waals surface area contributed by atoms with Crippen LogP contribution < -0.4 is 10.1 Å². The molecule has 2 fully saturated rings. The Kier molecular flexibility index (Phi) is 6.08. The summed E-state index contributed by atoms with van der Waals surface area (Å²) in [6.45, 7) is 0.905. The van der Waals surface area contributed by atoms with E-state index in [-0.39, 0.29) is 35.5 Å². The Bertz CT molecular complexity index is 868. The second kappa shape index (κ2) is 8.17. The number of sulfone groups is 1. The first kappa shape index (κ1) is 20.1. The van der Waals surface area contributed by atoms with Gasteiger partial charge >= 0.3 is 0 Å². The number of carbonyl (C=O) groups excluding carboxylic acids is 1. The molecule has 0 radical (unpaired) electrons. The average Bonchev–Trinajstić information content (AvgIpc) is 3.28. The summed E-state index contributed by atoms with van der Waals surface area (Å²) in [7, 11) is -3.41. The molecule has 2 aliphatic heterocycles. The Hall–Kier alpha value is -1.63. The minimum Gasteiger partial charge on any atom is -0.491 e. The zero-order valence-electron chi connectivity index (χ0n) is 15.0. The van der Waals surface area contributed by atoms with Gasteiger partial charge in [-0.3, -0.25) is 10.1 Å². The lowest BCUT2D eigenvalue weighted by Crippen LogP contribution is -2.47. The smallest absolute Gasteiger partial charge is 0.240 e. The summed E-state index contributed by atoms with van der Waals surface area (Å²) in [4.78, 5) is 14.4. The van der Waals surface area contributed by atoms with Crippen molar-refractivity contribution in [3.63, 3.8) is 0 Å². The maximum atomic E-state index is 12.6. The van der Waals surface area contributed by atoms with Crippen LogP contribution in [0.2, 0.25) is 0 Å². The van der Waals surface area contributed by atoms with Gasteiger partial charge in [0.15, 0.2) is 9.84 Å². The molecule has 3 rings (SSSR count). The summed E-state index contributed by atoms with van der Waals surface area (Å²) >= 11 is 3.28. The summed E-state index contributed by atoms with van der Waals surface area (Å²) in [5.41, 5.74) is 0. The van der Waals surface area contributed by atoms with Crippen molar-refractivity contribution in [2.24, 2.45) is 0 Å². The van der Waals surface area contributed by atoms with Crippen LogP contribution in [0.5, 0.6) is 5.75 Å². The summed E-state index contributed by atoms with van der Waals surface area (Å²) in [6, 6.07) is 6.39. The Morgan fingerprint density at radius 2 is 2.19 bits per heavy atom. The third kappa shape index (κ3) is 4.62. The van der Waals surface area contributed by atoms with Crippen LogP contribution in [0.25, 0.3) is 0 Å². The number of rotatable bonds is 5. The van der Waals surface area contributed by atoms with Crippen molar-refractivity contribution in [3.8, 4) is 11.8 Å². The molecule has 0 bridgehead atoms. The van der Waals surface area contributed by atoms with E-state index >= 15 is 0 Å². The molecule has 2 aliphatic rings. The minimum atomic E-state index is -3.41. The number of benzene rings is 1. The highest BCUT2D eigenvalue weighted by Gasteiger charge is 2.37. The second-order valence-corrected chi connectivity index (χ2v) is 9.89. The van der Waals surface area contributed by atoms with Gasteiger partial charge in [-0.1, -0.05) is 15.9 Å². The predicted molar refractivity (Wildman–Crippen MR) is 103 cm³/mol. The third-order valence-corrected chi connectivity index (χ3v) is 6.58. The van der Waals surface area contributed by atoms with Gasteiger partial charge in [0.25, 0.3) is 0 Å². The zero-order valence-corrected chi connectivity index (χ0v) is 17.4. The molecule has 27 heavy (non-hydrogen) atoms. The number of likely N-dealkylation sites (tertiary alicyclic amines) is 1. The van der Waals surface area contributed by atoms with E-state index < -0.39 is 9.84 Å². The Labute approximate surface area is 167 Å². The molecule has 7 nitrogen and oxygen atoms in total. The van der Waals surface area contributed by atoms with Gasteiger partial charge in [-0.2, -0.15) is 5.26 Å². The van der Waals surface area contributed by atoms with E-state index in [1.54, 1.807) is 17.0 Å². The number of nitrogens with one attached hydrogen (secondary N) is 1. The molecule has 0 saturated carbocycles. The number of nitrogens with zero attached hydrogens (tertiary/aromatic N) is 2. The van der Waals surface area contributed by atoms with Crippen LogP contribution in [0.1, 0.15) is 25.7 Å². The number of amides is 1. The topological polar surface area (TPSA) is 99.5 Å². The van der Waals surface area contributed by atoms with Crippen molar-refractivity contribution in [1.29, 1.82) is 5.26 Å². The lowest BCUT2D eigenvalue weighted by atomic mass is 10.1. The molecule has 2 saturated heterocycles. The molecule has 9 heteroatoms. The van der Waals surface area contributed by atoms with E-state index in [0.717, 1.165) is 25.5 Å². The third-order valence-electron chi connectivity index (χ3n) is 4.97. The summed E-state index contributed by atoms with van der Waals surface area (Å²) in [6.07, 6.45) is 4.18. The standard InChI is InChI=1S/C18H22BrN3O4S/c1-27(24,25)17-9-12(19)4-7-16(17)26-11-13-5-6-15(21-13)18(23)22-8-2-3-14(22)10-20/h4,7,9,13-15,21H,2-3,5-6,8,11H2,1H3/t13-,14+,15+/m1/s1. The Morgan fingerprint density at radius 3 is 2.89 bits per heavy atom. The van der Waals surface area contributed by atoms with Gasteiger partial charge in [0, 0.05) is 23.3 Å². The van der Waals surface area contributed by atoms with Crippen molar-refractivity contribution in [1.82, 2.24) is 10.2 Å². The van der Waals surface area contributed by atoms with Gasteiger partial charge in [0.1, 0.15) is 23.3 Å². The first-order valence-corrected chi connectivity index (χ1v) is 11.6. The van der Waals surface area contributed by atoms with E-state index in [2.05, 4.69) is 27.3 Å². The molecular weight excluding hydrogens is 434 g/mol. The van der Waals surface area contributed by atoms with E-state index in [4.69, 9.17) is 10.00 Å². The molecule has 1 aromatic rings. The first-order valence-electron chi connectivity index (χ1n) is 8.88. The SMILES string of the molecule is CS(=O)(=O)c1cc(Br)ccc1OC[C@H]1CC[C@@H](C(=O)N2CCC[C@H]2C#N)N1. The molecule has 2 heterocycles. The molecule has 0 unspecified atom stereocenters. The number of ether oxygens (including phenoxy) is 1. The average molecular weight is 456 g/mol. The highest BCUT2D eigenvalue weighted by atomic mass is 79.9. The Balaban J connectivity index is 1.60. The van der Waals surface area contributed by atoms with Gasteiger partial charge in [-0.25, -0.2) is 8.42 Å². The molecular formula is C18H22BrN3O4S.